The summed E-state index contributed by atoms with van der Waals surface area (Å²) in [5.74, 6) is 0.584. The molecule has 7 nitrogen and oxygen atoms in total. The number of fused-ring (bicyclic) bond motifs is 1. The molecule has 130 valence electrons. The van der Waals surface area contributed by atoms with E-state index in [2.05, 4.69) is 21.2 Å². The lowest BCUT2D eigenvalue weighted by molar-refractivity contribution is -0.119. The molecule has 1 heterocycles. The Balaban J connectivity index is 1.58. The van der Waals surface area contributed by atoms with Crippen LogP contribution >= 0.6 is 15.9 Å². The van der Waals surface area contributed by atoms with Gasteiger partial charge in [-0.15, -0.1) is 0 Å². The van der Waals surface area contributed by atoms with Gasteiger partial charge >= 0.3 is 5.97 Å². The summed E-state index contributed by atoms with van der Waals surface area (Å²) in [6.07, 6.45) is 0. The van der Waals surface area contributed by atoms with E-state index < -0.39 is 18.5 Å². The molecule has 3 rings (SSSR count). The van der Waals surface area contributed by atoms with Gasteiger partial charge in [0.15, 0.2) is 18.1 Å². The molecule has 1 amide bonds. The normalized spacial score (nSPS) is 11.8. The molecule has 0 aliphatic carbocycles. The van der Waals surface area contributed by atoms with Crippen molar-refractivity contribution < 1.29 is 28.5 Å². The third-order valence-corrected chi connectivity index (χ3v) is 4.08. The lowest BCUT2D eigenvalue weighted by atomic mass is 10.2. The Bertz CT molecular complexity index is 823. The molecule has 2 aromatic rings. The summed E-state index contributed by atoms with van der Waals surface area (Å²) in [5, 5.41) is 2.63. The van der Waals surface area contributed by atoms with Crippen LogP contribution < -0.4 is 19.5 Å². The Hall–Kier alpha value is -2.74. The molecule has 1 aliphatic heterocycles. The number of rotatable bonds is 5. The first-order chi connectivity index (χ1) is 12.1. The molecule has 25 heavy (non-hydrogen) atoms. The lowest BCUT2D eigenvalue weighted by Crippen LogP contribution is -2.21. The molecule has 0 atom stereocenters. The number of benzene rings is 2. The number of nitrogens with one attached hydrogen (secondary N) is 1. The van der Waals surface area contributed by atoms with E-state index in [0.717, 1.165) is 0 Å². The molecule has 0 saturated carbocycles. The van der Waals surface area contributed by atoms with Crippen LogP contribution in [0.25, 0.3) is 0 Å². The van der Waals surface area contributed by atoms with E-state index in [0.29, 0.717) is 27.4 Å². The van der Waals surface area contributed by atoms with Crippen molar-refractivity contribution in [3.05, 3.63) is 46.4 Å². The summed E-state index contributed by atoms with van der Waals surface area (Å²) in [6.45, 7) is -0.267. The van der Waals surface area contributed by atoms with Crippen molar-refractivity contribution in [3.63, 3.8) is 0 Å². The lowest BCUT2D eigenvalue weighted by Gasteiger charge is -2.09. The number of carbonyl (C=O) groups is 2. The molecule has 0 spiro atoms. The first-order valence-corrected chi connectivity index (χ1v) is 8.06. The summed E-state index contributed by atoms with van der Waals surface area (Å²) >= 11 is 3.27. The molecule has 0 unspecified atom stereocenters. The Morgan fingerprint density at radius 2 is 1.96 bits per heavy atom. The number of hydrogen-bond donors (Lipinski definition) is 1. The van der Waals surface area contributed by atoms with Gasteiger partial charge in [0, 0.05) is 16.2 Å². The largest absolute Gasteiger partial charge is 0.497 e. The fourth-order valence-electron chi connectivity index (χ4n) is 2.17. The number of methoxy groups -OCH3 is 1. The third kappa shape index (κ3) is 4.03. The van der Waals surface area contributed by atoms with Crippen LogP contribution in [0.3, 0.4) is 0 Å². The number of anilines is 1. The molecule has 0 radical (unpaired) electrons. The highest BCUT2D eigenvalue weighted by Crippen LogP contribution is 2.34. The Morgan fingerprint density at radius 3 is 2.76 bits per heavy atom. The third-order valence-electron chi connectivity index (χ3n) is 3.38. The first kappa shape index (κ1) is 17.1. The first-order valence-electron chi connectivity index (χ1n) is 7.27. The van der Waals surface area contributed by atoms with Crippen LogP contribution in [-0.4, -0.2) is 32.4 Å². The predicted molar refractivity (Wildman–Crippen MR) is 92.2 cm³/mol. The number of halogens is 1. The van der Waals surface area contributed by atoms with Gasteiger partial charge in [0.2, 0.25) is 6.79 Å². The molecular weight excluding hydrogens is 394 g/mol. The van der Waals surface area contributed by atoms with E-state index in [1.54, 1.807) is 30.3 Å². The minimum absolute atomic E-state index is 0.153. The quantitative estimate of drug-likeness (QED) is 0.767. The average Bonchev–Trinajstić information content (AvgIpc) is 3.08. The highest BCUT2D eigenvalue weighted by atomic mass is 79.9. The summed E-state index contributed by atoms with van der Waals surface area (Å²) in [7, 11) is 1.50. The standard InChI is InChI=1S/C17H14BrNO6/c1-22-11-3-4-13(18)12(7-11)17(21)23-8-16(20)19-10-2-5-14-15(6-10)25-9-24-14/h2-7H,8-9H2,1H3,(H,19,20). The van der Waals surface area contributed by atoms with E-state index in [4.69, 9.17) is 18.9 Å². The number of carbonyl (C=O) groups excluding carboxylic acids is 2. The van der Waals surface area contributed by atoms with Gasteiger partial charge in [0.05, 0.1) is 12.7 Å². The maximum Gasteiger partial charge on any atom is 0.339 e. The molecule has 0 bridgehead atoms. The van der Waals surface area contributed by atoms with Gasteiger partial charge in [-0.05, 0) is 46.3 Å². The molecule has 2 aromatic carbocycles. The van der Waals surface area contributed by atoms with Crippen molar-refractivity contribution in [1.29, 1.82) is 0 Å². The van der Waals surface area contributed by atoms with E-state index >= 15 is 0 Å². The van der Waals surface area contributed by atoms with Crippen LogP contribution in [0.5, 0.6) is 17.2 Å². The Kier molecular flexibility index (Phi) is 5.08. The van der Waals surface area contributed by atoms with Crippen LogP contribution in [0.4, 0.5) is 5.69 Å². The maximum atomic E-state index is 12.1. The second kappa shape index (κ2) is 7.43. The molecule has 1 N–H and O–H groups in total. The van der Waals surface area contributed by atoms with Gasteiger partial charge in [0.25, 0.3) is 5.91 Å². The fourth-order valence-corrected chi connectivity index (χ4v) is 2.58. The minimum atomic E-state index is -0.633. The molecule has 1 aliphatic rings. The van der Waals surface area contributed by atoms with E-state index in [1.807, 2.05) is 0 Å². The summed E-state index contributed by atoms with van der Waals surface area (Å²) in [6, 6.07) is 9.90. The van der Waals surface area contributed by atoms with Crippen LogP contribution in [0.2, 0.25) is 0 Å². The van der Waals surface area contributed by atoms with Gasteiger partial charge in [-0.3, -0.25) is 4.79 Å². The molecule has 0 aromatic heterocycles. The fraction of sp³-hybridized carbons (Fsp3) is 0.176. The van der Waals surface area contributed by atoms with Gasteiger partial charge < -0.3 is 24.3 Å². The van der Waals surface area contributed by atoms with E-state index in [1.165, 1.54) is 13.2 Å². The number of amides is 1. The minimum Gasteiger partial charge on any atom is -0.497 e. The van der Waals surface area contributed by atoms with Crippen molar-refractivity contribution >= 4 is 33.5 Å². The number of esters is 1. The van der Waals surface area contributed by atoms with Crippen molar-refractivity contribution in [2.45, 2.75) is 0 Å². The predicted octanol–water partition coefficient (Wildman–Crippen LogP) is 2.98. The van der Waals surface area contributed by atoms with E-state index in [-0.39, 0.29) is 12.4 Å². The second-order valence-corrected chi connectivity index (χ2v) is 5.89. The molecule has 0 fully saturated rings. The molecular formula is C17H14BrNO6. The monoisotopic (exact) mass is 407 g/mol. The highest BCUT2D eigenvalue weighted by Gasteiger charge is 2.16. The van der Waals surface area contributed by atoms with Crippen LogP contribution in [-0.2, 0) is 9.53 Å². The van der Waals surface area contributed by atoms with Gasteiger partial charge in [0.1, 0.15) is 5.75 Å². The van der Waals surface area contributed by atoms with Crippen LogP contribution in [0.15, 0.2) is 40.9 Å². The van der Waals surface area contributed by atoms with Crippen molar-refractivity contribution in [3.8, 4) is 17.2 Å². The van der Waals surface area contributed by atoms with Gasteiger partial charge in [-0.25, -0.2) is 4.79 Å². The zero-order chi connectivity index (χ0) is 17.8. The summed E-state index contributed by atoms with van der Waals surface area (Å²) in [4.78, 5) is 24.1. The van der Waals surface area contributed by atoms with Crippen LogP contribution in [0, 0.1) is 0 Å². The SMILES string of the molecule is COc1ccc(Br)c(C(=O)OCC(=O)Nc2ccc3c(c2)OCO3)c1. The summed E-state index contributed by atoms with van der Waals surface area (Å²) in [5.41, 5.74) is 0.795. The number of ether oxygens (including phenoxy) is 4. The Morgan fingerprint density at radius 1 is 1.16 bits per heavy atom. The topological polar surface area (TPSA) is 83.1 Å². The maximum absolute atomic E-state index is 12.1. The average molecular weight is 408 g/mol. The molecule has 0 saturated heterocycles. The highest BCUT2D eigenvalue weighted by molar-refractivity contribution is 9.10. The number of hydrogen-bond acceptors (Lipinski definition) is 6. The van der Waals surface area contributed by atoms with Crippen LogP contribution in [0.1, 0.15) is 10.4 Å². The zero-order valence-corrected chi connectivity index (χ0v) is 14.8. The van der Waals surface area contributed by atoms with Crippen molar-refractivity contribution in [1.82, 2.24) is 0 Å². The van der Waals surface area contributed by atoms with Gasteiger partial charge in [-0.2, -0.15) is 0 Å². The smallest absolute Gasteiger partial charge is 0.339 e. The van der Waals surface area contributed by atoms with Gasteiger partial charge in [-0.1, -0.05) is 0 Å². The van der Waals surface area contributed by atoms with E-state index in [9.17, 15) is 9.59 Å². The zero-order valence-electron chi connectivity index (χ0n) is 13.2. The second-order valence-electron chi connectivity index (χ2n) is 5.04. The summed E-state index contributed by atoms with van der Waals surface area (Å²) < 4.78 is 21.1. The van der Waals surface area contributed by atoms with Crippen molar-refractivity contribution in [2.75, 3.05) is 25.8 Å². The molecule has 8 heteroatoms. The Labute approximate surface area is 152 Å². The van der Waals surface area contributed by atoms with Crippen molar-refractivity contribution in [2.24, 2.45) is 0 Å².